The van der Waals surface area contributed by atoms with E-state index >= 15 is 0 Å². The Morgan fingerprint density at radius 1 is 1.00 bits per heavy atom. The zero-order valence-corrected chi connectivity index (χ0v) is 8.95. The van der Waals surface area contributed by atoms with Crippen LogP contribution in [0, 0.1) is 5.92 Å². The van der Waals surface area contributed by atoms with Crippen molar-refractivity contribution in [3.8, 4) is 0 Å². The van der Waals surface area contributed by atoms with E-state index in [2.05, 4.69) is 4.74 Å². The number of carbonyl (C=O) groups excluding carboxylic acids is 2. The van der Waals surface area contributed by atoms with Crippen molar-refractivity contribution in [3.63, 3.8) is 0 Å². The topological polar surface area (TPSA) is 43.4 Å². The second-order valence-corrected chi connectivity index (χ2v) is 3.26. The molecule has 0 aliphatic heterocycles. The van der Waals surface area contributed by atoms with E-state index < -0.39 is 35.7 Å². The molecule has 0 aromatic heterocycles. The zero-order chi connectivity index (χ0) is 14.9. The summed E-state index contributed by atoms with van der Waals surface area (Å²) in [5.74, 6) is -19.6. The van der Waals surface area contributed by atoms with Gasteiger partial charge in [0.25, 0.3) is 0 Å². The first kappa shape index (κ1) is 16.6. The summed E-state index contributed by atoms with van der Waals surface area (Å²) in [4.78, 5) is 21.5. The standard InChI is InChI=1S/C8H7F7O3/c1-3(5(17)18-2)4(16)6(9,10)7(11,12)8(13,14)15/h3H,1-2H3. The molecular weight excluding hydrogens is 277 g/mol. The maximum absolute atomic E-state index is 12.8. The number of methoxy groups -OCH3 is 1. The molecule has 18 heavy (non-hydrogen) atoms. The van der Waals surface area contributed by atoms with Gasteiger partial charge in [-0.2, -0.15) is 30.7 Å². The summed E-state index contributed by atoms with van der Waals surface area (Å²) < 4.78 is 89.5. The number of ether oxygens (including phenoxy) is 1. The van der Waals surface area contributed by atoms with Gasteiger partial charge < -0.3 is 4.74 Å². The molecular formula is C8H7F7O3. The predicted molar refractivity (Wildman–Crippen MR) is 42.1 cm³/mol. The number of esters is 1. The number of carbonyl (C=O) groups is 2. The van der Waals surface area contributed by atoms with Crippen LogP contribution in [0.1, 0.15) is 6.92 Å². The van der Waals surface area contributed by atoms with Crippen LogP contribution in [0.5, 0.6) is 0 Å². The second-order valence-electron chi connectivity index (χ2n) is 3.26. The summed E-state index contributed by atoms with van der Waals surface area (Å²) in [7, 11) is 0.659. The molecule has 1 unspecified atom stereocenters. The van der Waals surface area contributed by atoms with Crippen LogP contribution in [0.2, 0.25) is 0 Å². The van der Waals surface area contributed by atoms with Crippen LogP contribution in [0.4, 0.5) is 30.7 Å². The molecule has 0 aliphatic carbocycles. The Labute approximate surface area is 95.9 Å². The largest absolute Gasteiger partial charge is 0.468 e. The monoisotopic (exact) mass is 284 g/mol. The molecule has 0 saturated heterocycles. The van der Waals surface area contributed by atoms with Crippen molar-refractivity contribution < 1.29 is 45.1 Å². The quantitative estimate of drug-likeness (QED) is 0.451. The molecule has 0 bridgehead atoms. The first-order chi connectivity index (χ1) is 7.80. The highest BCUT2D eigenvalue weighted by molar-refractivity contribution is 6.02. The van der Waals surface area contributed by atoms with Crippen LogP contribution in [-0.4, -0.2) is 36.9 Å². The molecule has 0 spiro atoms. The summed E-state index contributed by atoms with van der Waals surface area (Å²) in [5.41, 5.74) is 0. The Hall–Kier alpha value is -1.35. The Morgan fingerprint density at radius 2 is 1.39 bits per heavy atom. The number of Topliss-reactive ketones (excluding diaryl/α,β-unsaturated/α-hetero) is 1. The first-order valence-corrected chi connectivity index (χ1v) is 4.25. The Kier molecular flexibility index (Phi) is 4.37. The van der Waals surface area contributed by atoms with Gasteiger partial charge >= 0.3 is 24.0 Å². The molecule has 10 heteroatoms. The number of ketones is 1. The van der Waals surface area contributed by atoms with Crippen molar-refractivity contribution in [3.05, 3.63) is 0 Å². The van der Waals surface area contributed by atoms with Crippen molar-refractivity contribution in [1.82, 2.24) is 0 Å². The number of hydrogen-bond donors (Lipinski definition) is 0. The molecule has 0 saturated carbocycles. The molecule has 1 atom stereocenters. The summed E-state index contributed by atoms with van der Waals surface area (Å²) in [6, 6.07) is 0. The third kappa shape index (κ3) is 2.56. The number of rotatable bonds is 4. The lowest BCUT2D eigenvalue weighted by Gasteiger charge is -2.28. The fourth-order valence-corrected chi connectivity index (χ4v) is 0.888. The molecule has 0 aromatic carbocycles. The normalized spacial score (nSPS) is 15.2. The molecule has 0 rings (SSSR count). The van der Waals surface area contributed by atoms with Gasteiger partial charge in [0.2, 0.25) is 5.78 Å². The summed E-state index contributed by atoms with van der Waals surface area (Å²) in [6.07, 6.45) is -6.62. The fraction of sp³-hybridized carbons (Fsp3) is 0.750. The van der Waals surface area contributed by atoms with E-state index in [1.54, 1.807) is 0 Å². The van der Waals surface area contributed by atoms with Crippen molar-refractivity contribution in [2.45, 2.75) is 24.9 Å². The molecule has 0 N–H and O–H groups in total. The summed E-state index contributed by atoms with van der Waals surface area (Å²) in [5, 5.41) is 0. The lowest BCUT2D eigenvalue weighted by atomic mass is 9.96. The van der Waals surface area contributed by atoms with Crippen LogP contribution < -0.4 is 0 Å². The van der Waals surface area contributed by atoms with Gasteiger partial charge in [0, 0.05) is 0 Å². The van der Waals surface area contributed by atoms with Crippen LogP contribution in [0.25, 0.3) is 0 Å². The minimum absolute atomic E-state index is 0.439. The van der Waals surface area contributed by atoms with E-state index in [1.165, 1.54) is 0 Å². The van der Waals surface area contributed by atoms with E-state index in [-0.39, 0.29) is 0 Å². The fourth-order valence-electron chi connectivity index (χ4n) is 0.888. The molecule has 0 amide bonds. The zero-order valence-electron chi connectivity index (χ0n) is 8.95. The SMILES string of the molecule is COC(=O)C(C)C(=O)C(F)(F)C(F)(F)C(F)(F)F. The first-order valence-electron chi connectivity index (χ1n) is 4.25. The highest BCUT2D eigenvalue weighted by Crippen LogP contribution is 2.47. The van der Waals surface area contributed by atoms with Crippen molar-refractivity contribution in [2.24, 2.45) is 5.92 Å². The van der Waals surface area contributed by atoms with Crippen molar-refractivity contribution in [2.75, 3.05) is 7.11 Å². The summed E-state index contributed by atoms with van der Waals surface area (Å²) >= 11 is 0. The second kappa shape index (κ2) is 4.73. The van der Waals surface area contributed by atoms with Gasteiger partial charge in [-0.3, -0.25) is 9.59 Å². The Morgan fingerprint density at radius 3 is 1.67 bits per heavy atom. The van der Waals surface area contributed by atoms with Gasteiger partial charge in [0.15, 0.2) is 0 Å². The number of hydrogen-bond acceptors (Lipinski definition) is 3. The van der Waals surface area contributed by atoms with Crippen LogP contribution in [0.15, 0.2) is 0 Å². The maximum atomic E-state index is 12.8. The Bertz CT molecular complexity index is 347. The van der Waals surface area contributed by atoms with Crippen molar-refractivity contribution >= 4 is 11.8 Å². The van der Waals surface area contributed by atoms with Crippen LogP contribution in [-0.2, 0) is 14.3 Å². The smallest absolute Gasteiger partial charge is 0.460 e. The number of halogens is 7. The van der Waals surface area contributed by atoms with Gasteiger partial charge in [-0.15, -0.1) is 0 Å². The third-order valence-electron chi connectivity index (χ3n) is 2.01. The van der Waals surface area contributed by atoms with Crippen molar-refractivity contribution in [1.29, 1.82) is 0 Å². The average Bonchev–Trinajstić information content (AvgIpc) is 2.23. The minimum Gasteiger partial charge on any atom is -0.468 e. The third-order valence-corrected chi connectivity index (χ3v) is 2.01. The highest BCUT2D eigenvalue weighted by atomic mass is 19.4. The predicted octanol–water partition coefficient (Wildman–Crippen LogP) is 2.20. The van der Waals surface area contributed by atoms with E-state index in [1.807, 2.05) is 0 Å². The molecule has 0 heterocycles. The van der Waals surface area contributed by atoms with Gasteiger partial charge in [0.1, 0.15) is 5.92 Å². The molecule has 0 radical (unpaired) electrons. The van der Waals surface area contributed by atoms with Crippen LogP contribution in [0.3, 0.4) is 0 Å². The molecule has 0 aromatic rings. The van der Waals surface area contributed by atoms with Gasteiger partial charge in [0.05, 0.1) is 7.11 Å². The molecule has 0 aliphatic rings. The van der Waals surface area contributed by atoms with E-state index in [4.69, 9.17) is 0 Å². The lowest BCUT2D eigenvalue weighted by molar-refractivity contribution is -0.344. The summed E-state index contributed by atoms with van der Waals surface area (Å²) in [6.45, 7) is 0.439. The Balaban J connectivity index is 5.40. The molecule has 106 valence electrons. The van der Waals surface area contributed by atoms with Gasteiger partial charge in [-0.05, 0) is 6.92 Å². The number of alkyl halides is 7. The highest BCUT2D eigenvalue weighted by Gasteiger charge is 2.76. The molecule has 0 fully saturated rings. The van der Waals surface area contributed by atoms with Gasteiger partial charge in [-0.1, -0.05) is 0 Å². The maximum Gasteiger partial charge on any atom is 0.460 e. The van der Waals surface area contributed by atoms with Crippen LogP contribution >= 0.6 is 0 Å². The average molecular weight is 284 g/mol. The molecule has 3 nitrogen and oxygen atoms in total. The van der Waals surface area contributed by atoms with E-state index in [0.29, 0.717) is 14.0 Å². The van der Waals surface area contributed by atoms with Gasteiger partial charge in [-0.25, -0.2) is 0 Å². The van der Waals surface area contributed by atoms with E-state index in [9.17, 15) is 40.3 Å². The minimum atomic E-state index is -6.62. The van der Waals surface area contributed by atoms with E-state index in [0.717, 1.165) is 0 Å². The lowest BCUT2D eigenvalue weighted by Crippen LogP contribution is -2.58.